The molecule has 3 fully saturated rings. The third kappa shape index (κ3) is 2.32. The van der Waals surface area contributed by atoms with Gasteiger partial charge in [-0.3, -0.25) is 4.79 Å². The molecule has 3 heterocycles. The molecule has 2 aromatic rings. The molecule has 2 saturated carbocycles. The molecule has 1 saturated heterocycles. The van der Waals surface area contributed by atoms with Gasteiger partial charge in [-0.15, -0.1) is 0 Å². The fourth-order valence-electron chi connectivity index (χ4n) is 4.23. The first-order valence-electron chi connectivity index (χ1n) is 9.13. The minimum Gasteiger partial charge on any atom is -0.347 e. The van der Waals surface area contributed by atoms with Gasteiger partial charge in [0, 0.05) is 24.2 Å². The van der Waals surface area contributed by atoms with Crippen molar-refractivity contribution in [2.45, 2.75) is 56.5 Å². The second kappa shape index (κ2) is 5.28. The third-order valence-corrected chi connectivity index (χ3v) is 5.99. The molecule has 1 aliphatic heterocycles. The number of rotatable bonds is 4. The van der Waals surface area contributed by atoms with Crippen molar-refractivity contribution in [3.05, 3.63) is 23.7 Å². The number of aromatic amines is 1. The predicted molar refractivity (Wildman–Crippen MR) is 90.8 cm³/mol. The van der Waals surface area contributed by atoms with Crippen LogP contribution in [-0.4, -0.2) is 39.0 Å². The zero-order chi connectivity index (χ0) is 16.1. The quantitative estimate of drug-likeness (QED) is 0.802. The number of carbonyl (C=O) groups excluding carboxylic acids is 1. The number of H-pyrrole nitrogens is 1. The van der Waals surface area contributed by atoms with E-state index in [2.05, 4.69) is 25.6 Å². The Kier molecular flexibility index (Phi) is 3.16. The van der Waals surface area contributed by atoms with Crippen molar-refractivity contribution >= 4 is 17.1 Å². The predicted octanol–water partition coefficient (Wildman–Crippen LogP) is 1.92. The Labute approximate surface area is 140 Å². The molecule has 126 valence electrons. The Bertz CT molecular complexity index is 790. The van der Waals surface area contributed by atoms with Crippen LogP contribution in [-0.2, 0) is 6.42 Å². The lowest BCUT2D eigenvalue weighted by molar-refractivity contribution is 0.0883. The zero-order valence-corrected chi connectivity index (χ0v) is 13.8. The third-order valence-electron chi connectivity index (χ3n) is 5.99. The van der Waals surface area contributed by atoms with E-state index in [9.17, 15) is 4.79 Å². The summed E-state index contributed by atoms with van der Waals surface area (Å²) in [6, 6.07) is 2.03. The molecule has 3 aliphatic rings. The average Bonchev–Trinajstić information content (AvgIpc) is 3.08. The van der Waals surface area contributed by atoms with Crippen LogP contribution in [0.25, 0.3) is 11.2 Å². The van der Waals surface area contributed by atoms with Crippen LogP contribution in [0.4, 0.5) is 0 Å². The number of aromatic nitrogens is 3. The number of nitrogens with one attached hydrogen (secondary N) is 3. The van der Waals surface area contributed by atoms with E-state index in [0.29, 0.717) is 11.2 Å². The van der Waals surface area contributed by atoms with E-state index < -0.39 is 0 Å². The summed E-state index contributed by atoms with van der Waals surface area (Å²) in [5, 5.41) is 6.86. The van der Waals surface area contributed by atoms with Gasteiger partial charge in [-0.25, -0.2) is 9.97 Å². The topological polar surface area (TPSA) is 82.7 Å². The van der Waals surface area contributed by atoms with Crippen LogP contribution in [0.3, 0.4) is 0 Å². The lowest BCUT2D eigenvalue weighted by Crippen LogP contribution is -2.59. The molecule has 6 heteroatoms. The van der Waals surface area contributed by atoms with Crippen molar-refractivity contribution in [2.24, 2.45) is 5.92 Å². The number of hydrogen-bond donors (Lipinski definition) is 3. The Morgan fingerprint density at radius 1 is 1.33 bits per heavy atom. The Hall–Kier alpha value is -1.95. The highest BCUT2D eigenvalue weighted by molar-refractivity contribution is 6.04. The summed E-state index contributed by atoms with van der Waals surface area (Å²) < 4.78 is 0. The number of carbonyl (C=O) groups is 1. The minimum atomic E-state index is -0.0102. The van der Waals surface area contributed by atoms with Gasteiger partial charge in [0.2, 0.25) is 0 Å². The Balaban J connectivity index is 1.40. The molecule has 2 aliphatic carbocycles. The summed E-state index contributed by atoms with van der Waals surface area (Å²) in [6.45, 7) is 0.992. The molecule has 24 heavy (non-hydrogen) atoms. The maximum Gasteiger partial charge on any atom is 0.253 e. The van der Waals surface area contributed by atoms with E-state index >= 15 is 0 Å². The second-order valence-electron chi connectivity index (χ2n) is 7.64. The van der Waals surface area contributed by atoms with Crippen LogP contribution < -0.4 is 10.6 Å². The molecule has 0 bridgehead atoms. The van der Waals surface area contributed by atoms with Gasteiger partial charge >= 0.3 is 0 Å². The van der Waals surface area contributed by atoms with Crippen LogP contribution >= 0.6 is 0 Å². The molecule has 0 aromatic carbocycles. The Morgan fingerprint density at radius 2 is 2.21 bits per heavy atom. The number of fused-ring (bicyclic) bond motifs is 1. The summed E-state index contributed by atoms with van der Waals surface area (Å²) >= 11 is 0. The van der Waals surface area contributed by atoms with Crippen molar-refractivity contribution in [1.29, 1.82) is 0 Å². The fourth-order valence-corrected chi connectivity index (χ4v) is 4.23. The van der Waals surface area contributed by atoms with Crippen molar-refractivity contribution < 1.29 is 4.79 Å². The number of hydrogen-bond acceptors (Lipinski definition) is 4. The Morgan fingerprint density at radius 3 is 2.96 bits per heavy atom. The molecule has 1 atom stereocenters. The van der Waals surface area contributed by atoms with Gasteiger partial charge in [0.05, 0.1) is 11.1 Å². The summed E-state index contributed by atoms with van der Waals surface area (Å²) in [5.41, 5.74) is 2.24. The first kappa shape index (κ1) is 14.4. The molecule has 6 nitrogen and oxygen atoms in total. The number of imidazole rings is 1. The zero-order valence-electron chi connectivity index (χ0n) is 13.8. The van der Waals surface area contributed by atoms with E-state index in [1.54, 1.807) is 12.3 Å². The highest BCUT2D eigenvalue weighted by atomic mass is 16.1. The van der Waals surface area contributed by atoms with Crippen molar-refractivity contribution in [3.63, 3.8) is 0 Å². The van der Waals surface area contributed by atoms with Crippen LogP contribution in [0.2, 0.25) is 0 Å². The van der Waals surface area contributed by atoms with Gasteiger partial charge in [-0.1, -0.05) is 0 Å². The smallest absolute Gasteiger partial charge is 0.253 e. The number of amides is 1. The summed E-state index contributed by atoms with van der Waals surface area (Å²) in [4.78, 5) is 25.1. The molecule has 1 spiro atoms. The minimum absolute atomic E-state index is 0.0102. The van der Waals surface area contributed by atoms with Crippen LogP contribution in [0, 0.1) is 5.92 Å². The van der Waals surface area contributed by atoms with Crippen molar-refractivity contribution in [2.75, 3.05) is 6.54 Å². The van der Waals surface area contributed by atoms with Gasteiger partial charge < -0.3 is 15.6 Å². The van der Waals surface area contributed by atoms with E-state index in [1.165, 1.54) is 32.1 Å². The highest BCUT2D eigenvalue weighted by Gasteiger charge is 2.47. The van der Waals surface area contributed by atoms with Crippen LogP contribution in [0.5, 0.6) is 0 Å². The molecule has 0 radical (unpaired) electrons. The van der Waals surface area contributed by atoms with Crippen LogP contribution in [0.1, 0.15) is 54.7 Å². The van der Waals surface area contributed by atoms with Crippen LogP contribution in [0.15, 0.2) is 12.3 Å². The first-order chi connectivity index (χ1) is 11.7. The molecule has 1 unspecified atom stereocenters. The molecular formula is C18H23N5O. The van der Waals surface area contributed by atoms with Gasteiger partial charge in [0.1, 0.15) is 5.82 Å². The SMILES string of the molecule is O=C(NC1CCNC12CCC2)c1ccnc2nc(CC3CC3)[nH]c12. The van der Waals surface area contributed by atoms with E-state index in [-0.39, 0.29) is 17.5 Å². The van der Waals surface area contributed by atoms with Gasteiger partial charge in [0.25, 0.3) is 5.91 Å². The summed E-state index contributed by atoms with van der Waals surface area (Å²) in [5.74, 6) is 1.70. The monoisotopic (exact) mass is 325 g/mol. The lowest BCUT2D eigenvalue weighted by atomic mass is 9.73. The van der Waals surface area contributed by atoms with Crippen molar-refractivity contribution in [3.8, 4) is 0 Å². The van der Waals surface area contributed by atoms with Crippen molar-refractivity contribution in [1.82, 2.24) is 25.6 Å². The first-order valence-corrected chi connectivity index (χ1v) is 9.13. The van der Waals surface area contributed by atoms with Gasteiger partial charge in [-0.2, -0.15) is 0 Å². The standard InChI is InChI=1S/C18H23N5O/c24-17(21-13-5-9-20-18(13)6-1-7-18)12-4-8-19-16-15(12)22-14(23-16)10-11-2-3-11/h4,8,11,13,20H,1-3,5-7,9-10H2,(H,21,24)(H,19,22,23). The molecule has 3 N–H and O–H groups in total. The van der Waals surface area contributed by atoms with Gasteiger partial charge in [0.15, 0.2) is 5.65 Å². The lowest BCUT2D eigenvalue weighted by Gasteiger charge is -2.43. The molecule has 5 rings (SSSR count). The van der Waals surface area contributed by atoms with E-state index in [0.717, 1.165) is 36.6 Å². The maximum absolute atomic E-state index is 12.9. The maximum atomic E-state index is 12.9. The van der Waals surface area contributed by atoms with Gasteiger partial charge in [-0.05, 0) is 57.1 Å². The highest BCUT2D eigenvalue weighted by Crippen LogP contribution is 2.39. The largest absolute Gasteiger partial charge is 0.347 e. The molecule has 2 aromatic heterocycles. The summed E-state index contributed by atoms with van der Waals surface area (Å²) in [6.07, 6.45) is 9.82. The normalized spacial score (nSPS) is 25.1. The second-order valence-corrected chi connectivity index (χ2v) is 7.64. The van der Waals surface area contributed by atoms with E-state index in [4.69, 9.17) is 0 Å². The summed E-state index contributed by atoms with van der Waals surface area (Å²) in [7, 11) is 0. The fraction of sp³-hybridized carbons (Fsp3) is 0.611. The number of pyridine rings is 1. The molecule has 1 amide bonds. The number of nitrogens with zero attached hydrogens (tertiary/aromatic N) is 2. The van der Waals surface area contributed by atoms with E-state index in [1.807, 2.05) is 0 Å². The average molecular weight is 325 g/mol. The molecular weight excluding hydrogens is 302 g/mol.